The summed E-state index contributed by atoms with van der Waals surface area (Å²) in [4.78, 5) is 0. The standard InChI is InChI=1S/C21H46NS/c1-5-7-9-11-13-14-16-18-20-23-21-22(3,4)19-17-15-12-10-8-6-2/h5-21H2,1-4H3/q+1. The Balaban J connectivity index is 3.31. The highest BCUT2D eigenvalue weighted by molar-refractivity contribution is 7.99. The van der Waals surface area contributed by atoms with Gasteiger partial charge in [0.05, 0.1) is 20.6 Å². The van der Waals surface area contributed by atoms with Gasteiger partial charge in [0.15, 0.2) is 0 Å². The third-order valence-corrected chi connectivity index (χ3v) is 6.16. The van der Waals surface area contributed by atoms with Gasteiger partial charge in [-0.15, -0.1) is 11.8 Å². The van der Waals surface area contributed by atoms with Gasteiger partial charge in [0, 0.05) is 0 Å². The summed E-state index contributed by atoms with van der Waals surface area (Å²) in [6, 6.07) is 0. The number of thioether (sulfide) groups is 1. The van der Waals surface area contributed by atoms with Crippen molar-refractivity contribution in [2.75, 3.05) is 32.3 Å². The zero-order chi connectivity index (χ0) is 17.2. The molecular weight excluding hydrogens is 298 g/mol. The fraction of sp³-hybridized carbons (Fsp3) is 1.00. The van der Waals surface area contributed by atoms with E-state index in [9.17, 15) is 0 Å². The molecule has 0 bridgehead atoms. The maximum Gasteiger partial charge on any atom is 0.125 e. The molecule has 0 aliphatic carbocycles. The number of unbranched alkanes of at least 4 members (excludes halogenated alkanes) is 12. The first kappa shape index (κ1) is 23.3. The summed E-state index contributed by atoms with van der Waals surface area (Å²) < 4.78 is 1.20. The van der Waals surface area contributed by atoms with Gasteiger partial charge in [0.2, 0.25) is 0 Å². The summed E-state index contributed by atoms with van der Waals surface area (Å²) in [7, 11) is 4.82. The number of rotatable bonds is 18. The lowest BCUT2D eigenvalue weighted by molar-refractivity contribution is -0.877. The van der Waals surface area contributed by atoms with Crippen LogP contribution < -0.4 is 0 Å². The minimum atomic E-state index is 1.20. The van der Waals surface area contributed by atoms with Crippen molar-refractivity contribution >= 4 is 11.8 Å². The maximum atomic E-state index is 2.41. The van der Waals surface area contributed by atoms with Gasteiger partial charge < -0.3 is 4.48 Å². The summed E-state index contributed by atoms with van der Waals surface area (Å²) in [5, 5.41) is 0. The Hall–Kier alpha value is 0.310. The van der Waals surface area contributed by atoms with E-state index in [2.05, 4.69) is 39.7 Å². The van der Waals surface area contributed by atoms with Crippen LogP contribution in [0.25, 0.3) is 0 Å². The molecular formula is C21H46NS+. The van der Waals surface area contributed by atoms with Crippen LogP contribution >= 0.6 is 11.8 Å². The van der Waals surface area contributed by atoms with Crippen LogP contribution in [0.2, 0.25) is 0 Å². The van der Waals surface area contributed by atoms with Crippen molar-refractivity contribution in [3.63, 3.8) is 0 Å². The van der Waals surface area contributed by atoms with E-state index in [1.807, 2.05) is 0 Å². The van der Waals surface area contributed by atoms with Gasteiger partial charge in [-0.1, -0.05) is 84.5 Å². The van der Waals surface area contributed by atoms with E-state index in [0.717, 1.165) is 0 Å². The molecule has 2 heteroatoms. The summed E-state index contributed by atoms with van der Waals surface area (Å²) in [5.74, 6) is 2.67. The fourth-order valence-corrected chi connectivity index (χ4v) is 4.20. The lowest BCUT2D eigenvalue weighted by atomic mass is 10.1. The topological polar surface area (TPSA) is 0 Å². The molecule has 0 heterocycles. The van der Waals surface area contributed by atoms with Crippen LogP contribution in [-0.4, -0.2) is 36.8 Å². The molecule has 0 aliphatic heterocycles. The van der Waals surface area contributed by atoms with E-state index in [1.54, 1.807) is 0 Å². The van der Waals surface area contributed by atoms with Crippen LogP contribution in [0.5, 0.6) is 0 Å². The average Bonchev–Trinajstić information content (AvgIpc) is 2.52. The number of quaternary nitrogens is 1. The highest BCUT2D eigenvalue weighted by Crippen LogP contribution is 2.15. The van der Waals surface area contributed by atoms with Crippen molar-refractivity contribution in [2.24, 2.45) is 0 Å². The van der Waals surface area contributed by atoms with Crippen molar-refractivity contribution in [3.05, 3.63) is 0 Å². The molecule has 0 atom stereocenters. The molecule has 0 aromatic rings. The molecule has 1 nitrogen and oxygen atoms in total. The van der Waals surface area contributed by atoms with Gasteiger partial charge in [-0.2, -0.15) is 0 Å². The van der Waals surface area contributed by atoms with Crippen LogP contribution in [0, 0.1) is 0 Å². The monoisotopic (exact) mass is 344 g/mol. The van der Waals surface area contributed by atoms with Crippen molar-refractivity contribution in [1.29, 1.82) is 0 Å². The first-order valence-corrected chi connectivity index (χ1v) is 11.7. The predicted octanol–water partition coefficient (Wildman–Crippen LogP) is 7.25. The molecule has 0 fully saturated rings. The normalized spacial score (nSPS) is 12.0. The molecule has 0 radical (unpaired) electrons. The second-order valence-corrected chi connectivity index (χ2v) is 9.01. The van der Waals surface area contributed by atoms with Crippen LogP contribution in [0.3, 0.4) is 0 Å². The first-order chi connectivity index (χ1) is 11.1. The molecule has 0 aliphatic rings. The largest absolute Gasteiger partial charge is 0.320 e. The van der Waals surface area contributed by atoms with Gasteiger partial charge in [-0.3, -0.25) is 0 Å². The lowest BCUT2D eigenvalue weighted by Gasteiger charge is -2.29. The van der Waals surface area contributed by atoms with Crippen LogP contribution in [-0.2, 0) is 0 Å². The third-order valence-electron chi connectivity index (χ3n) is 4.70. The predicted molar refractivity (Wildman–Crippen MR) is 110 cm³/mol. The van der Waals surface area contributed by atoms with Gasteiger partial charge in [-0.05, 0) is 25.0 Å². The quantitative estimate of drug-likeness (QED) is 0.143. The molecule has 0 rings (SSSR count). The van der Waals surface area contributed by atoms with E-state index in [4.69, 9.17) is 0 Å². The Kier molecular flexibility index (Phi) is 17.4. The van der Waals surface area contributed by atoms with Crippen LogP contribution in [0.15, 0.2) is 0 Å². The number of nitrogens with zero attached hydrogens (tertiary/aromatic N) is 1. The highest BCUT2D eigenvalue weighted by atomic mass is 32.2. The fourth-order valence-electron chi connectivity index (χ4n) is 3.03. The zero-order valence-electron chi connectivity index (χ0n) is 16.9. The minimum absolute atomic E-state index is 1.20. The Bertz CT molecular complexity index is 228. The van der Waals surface area contributed by atoms with Crippen molar-refractivity contribution in [2.45, 2.75) is 104 Å². The molecule has 0 unspecified atom stereocenters. The van der Waals surface area contributed by atoms with Gasteiger partial charge in [-0.25, -0.2) is 0 Å². The second kappa shape index (κ2) is 17.1. The molecule has 0 saturated carbocycles. The Morgan fingerprint density at radius 1 is 0.565 bits per heavy atom. The Morgan fingerprint density at radius 3 is 1.52 bits per heavy atom. The summed E-state index contributed by atoms with van der Waals surface area (Å²) in [6.45, 7) is 5.95. The maximum absolute atomic E-state index is 2.41. The van der Waals surface area contributed by atoms with Gasteiger partial charge in [0.25, 0.3) is 0 Å². The first-order valence-electron chi connectivity index (χ1n) is 10.5. The average molecular weight is 345 g/mol. The minimum Gasteiger partial charge on any atom is -0.320 e. The second-order valence-electron chi connectivity index (χ2n) is 7.94. The van der Waals surface area contributed by atoms with E-state index in [-0.39, 0.29) is 0 Å². The Labute approximate surface area is 152 Å². The van der Waals surface area contributed by atoms with Crippen molar-refractivity contribution < 1.29 is 4.48 Å². The van der Waals surface area contributed by atoms with E-state index in [1.165, 1.54) is 113 Å². The van der Waals surface area contributed by atoms with E-state index in [0.29, 0.717) is 0 Å². The molecule has 140 valence electrons. The van der Waals surface area contributed by atoms with Crippen molar-refractivity contribution in [1.82, 2.24) is 0 Å². The van der Waals surface area contributed by atoms with Crippen molar-refractivity contribution in [3.8, 4) is 0 Å². The Morgan fingerprint density at radius 2 is 1.00 bits per heavy atom. The summed E-state index contributed by atoms with van der Waals surface area (Å²) in [6.07, 6.45) is 20.0. The van der Waals surface area contributed by atoms with Crippen LogP contribution in [0.4, 0.5) is 0 Å². The number of hydrogen-bond donors (Lipinski definition) is 0. The molecule has 23 heavy (non-hydrogen) atoms. The molecule has 0 spiro atoms. The molecule has 0 aromatic carbocycles. The summed E-state index contributed by atoms with van der Waals surface area (Å²) >= 11 is 2.18. The van der Waals surface area contributed by atoms with E-state index < -0.39 is 0 Å². The smallest absolute Gasteiger partial charge is 0.125 e. The SMILES string of the molecule is CCCCCCCCCCSC[N+](C)(C)CCCCCCCC. The van der Waals surface area contributed by atoms with Gasteiger partial charge in [0.1, 0.15) is 5.88 Å². The van der Waals surface area contributed by atoms with E-state index >= 15 is 0 Å². The number of hydrogen-bond acceptors (Lipinski definition) is 1. The highest BCUT2D eigenvalue weighted by Gasteiger charge is 2.13. The van der Waals surface area contributed by atoms with Crippen LogP contribution in [0.1, 0.15) is 104 Å². The third kappa shape index (κ3) is 18.5. The lowest BCUT2D eigenvalue weighted by Crippen LogP contribution is -2.40. The molecule has 0 aromatic heterocycles. The molecule has 0 N–H and O–H groups in total. The molecule has 0 saturated heterocycles. The zero-order valence-corrected chi connectivity index (χ0v) is 17.7. The van der Waals surface area contributed by atoms with Gasteiger partial charge >= 0.3 is 0 Å². The summed E-state index contributed by atoms with van der Waals surface area (Å²) in [5.41, 5.74) is 0. The molecule has 0 amide bonds.